The molecule has 0 aromatic heterocycles. The number of hydrogen-bond donors (Lipinski definition) is 0. The van der Waals surface area contributed by atoms with Crippen LogP contribution in [0.1, 0.15) is 46.0 Å². The van der Waals surface area contributed by atoms with Gasteiger partial charge in [0.05, 0.1) is 9.79 Å². The molecule has 2 bridgehead atoms. The first kappa shape index (κ1) is 12.5. The molecule has 1 fully saturated rings. The fourth-order valence-corrected chi connectivity index (χ4v) is 5.02. The Morgan fingerprint density at radius 2 is 2.28 bits per heavy atom. The molecule has 0 aromatic carbocycles. The first-order valence-electron chi connectivity index (χ1n) is 7.10. The number of nitrogens with zero attached hydrogens (tertiary/aromatic N) is 1. The van der Waals surface area contributed by atoms with Crippen molar-refractivity contribution in [2.45, 2.75) is 50.7 Å². The summed E-state index contributed by atoms with van der Waals surface area (Å²) in [7, 11) is 0. The molecule has 2 aliphatic carbocycles. The van der Waals surface area contributed by atoms with Gasteiger partial charge in [0, 0.05) is 0 Å². The van der Waals surface area contributed by atoms with Crippen LogP contribution in [0.15, 0.2) is 17.1 Å². The van der Waals surface area contributed by atoms with E-state index < -0.39 is 0 Å². The van der Waals surface area contributed by atoms with E-state index in [1.165, 1.54) is 12.8 Å². The van der Waals surface area contributed by atoms with Crippen molar-refractivity contribution in [1.29, 1.82) is 0 Å². The lowest BCUT2D eigenvalue weighted by Crippen LogP contribution is -2.26. The molecule has 1 heterocycles. The van der Waals surface area contributed by atoms with Gasteiger partial charge in [-0.15, -0.1) is 0 Å². The molecule has 4 atom stereocenters. The summed E-state index contributed by atoms with van der Waals surface area (Å²) >= 11 is 1.74. The smallest absolute Gasteiger partial charge is 0.262 e. The van der Waals surface area contributed by atoms with Crippen molar-refractivity contribution in [3.05, 3.63) is 12.2 Å². The number of carbonyl (C=O) groups is 1. The largest absolute Gasteiger partial charge is 0.271 e. The Labute approximate surface area is 113 Å². The van der Waals surface area contributed by atoms with E-state index in [1.54, 1.807) is 11.8 Å². The van der Waals surface area contributed by atoms with Crippen molar-refractivity contribution in [1.82, 2.24) is 0 Å². The Morgan fingerprint density at radius 3 is 2.89 bits per heavy atom. The highest BCUT2D eigenvalue weighted by molar-refractivity contribution is 8.16. The molecular weight excluding hydrogens is 242 g/mol. The Morgan fingerprint density at radius 1 is 1.44 bits per heavy atom. The third-order valence-electron chi connectivity index (χ3n) is 4.60. The van der Waals surface area contributed by atoms with E-state index in [1.807, 2.05) is 0 Å². The Balaban J connectivity index is 1.64. The van der Waals surface area contributed by atoms with Crippen LogP contribution in [0, 0.1) is 17.8 Å². The third-order valence-corrected chi connectivity index (χ3v) is 5.92. The molecule has 0 saturated heterocycles. The average molecular weight is 263 g/mol. The van der Waals surface area contributed by atoms with Gasteiger partial charge >= 0.3 is 0 Å². The van der Waals surface area contributed by atoms with Crippen molar-refractivity contribution in [2.75, 3.05) is 0 Å². The van der Waals surface area contributed by atoms with Crippen LogP contribution in [0.2, 0.25) is 0 Å². The Hall–Kier alpha value is -0.570. The lowest BCUT2D eigenvalue weighted by molar-refractivity contribution is -0.119. The molecule has 3 aliphatic rings. The van der Waals surface area contributed by atoms with E-state index in [-0.39, 0.29) is 10.7 Å². The summed E-state index contributed by atoms with van der Waals surface area (Å²) in [4.78, 5) is 16.3. The minimum Gasteiger partial charge on any atom is -0.271 e. The molecule has 18 heavy (non-hydrogen) atoms. The Kier molecular flexibility index (Phi) is 3.13. The van der Waals surface area contributed by atoms with Gasteiger partial charge in [0.1, 0.15) is 0 Å². The van der Waals surface area contributed by atoms with Gasteiger partial charge in [-0.1, -0.05) is 37.3 Å². The van der Waals surface area contributed by atoms with Gasteiger partial charge in [-0.05, 0) is 50.4 Å². The molecule has 3 unspecified atom stereocenters. The minimum atomic E-state index is -0.266. The van der Waals surface area contributed by atoms with E-state index >= 15 is 0 Å². The van der Waals surface area contributed by atoms with Gasteiger partial charge < -0.3 is 0 Å². The number of thioether (sulfide) groups is 1. The van der Waals surface area contributed by atoms with E-state index in [2.05, 4.69) is 31.0 Å². The molecule has 1 amide bonds. The summed E-state index contributed by atoms with van der Waals surface area (Å²) in [5, 5.41) is 1.10. The van der Waals surface area contributed by atoms with E-state index in [0.717, 1.165) is 42.1 Å². The molecular formula is C15H21NOS. The summed E-state index contributed by atoms with van der Waals surface area (Å²) in [6.45, 7) is 4.19. The minimum absolute atomic E-state index is 0.100. The predicted molar refractivity (Wildman–Crippen MR) is 76.8 cm³/mol. The molecule has 0 radical (unpaired) electrons. The molecule has 2 nitrogen and oxygen atoms in total. The van der Waals surface area contributed by atoms with Crippen LogP contribution in [-0.2, 0) is 4.79 Å². The standard InChI is InChI=1S/C15H21NOS/c1-3-6-15(2)14(17)16-13(18-15)9-12-8-10-4-5-11(12)7-10/h4-5,10-12H,3,6-9H2,1-2H3/t10?,11?,12?,15-/m0/s1. The SMILES string of the molecule is CCC[C@]1(C)SC(CC2CC3C=CC2C3)=NC1=O. The van der Waals surface area contributed by atoms with Crippen LogP contribution in [0.4, 0.5) is 0 Å². The fourth-order valence-electron chi connectivity index (χ4n) is 3.63. The number of amides is 1. The average Bonchev–Trinajstić information content (AvgIpc) is 2.96. The zero-order chi connectivity index (χ0) is 12.8. The number of rotatable bonds is 4. The van der Waals surface area contributed by atoms with Gasteiger partial charge in [0.15, 0.2) is 0 Å². The van der Waals surface area contributed by atoms with E-state index in [4.69, 9.17) is 0 Å². The predicted octanol–water partition coefficient (Wildman–Crippen LogP) is 3.82. The van der Waals surface area contributed by atoms with Crippen LogP contribution in [-0.4, -0.2) is 15.7 Å². The molecule has 3 heteroatoms. The van der Waals surface area contributed by atoms with Gasteiger partial charge in [-0.3, -0.25) is 4.79 Å². The third kappa shape index (κ3) is 2.07. The van der Waals surface area contributed by atoms with Gasteiger partial charge in [0.2, 0.25) is 0 Å². The fraction of sp³-hybridized carbons (Fsp3) is 0.733. The normalized spacial score (nSPS) is 41.8. The summed E-state index contributed by atoms with van der Waals surface area (Å²) in [5.41, 5.74) is 0. The van der Waals surface area contributed by atoms with Crippen molar-refractivity contribution in [2.24, 2.45) is 22.7 Å². The summed E-state index contributed by atoms with van der Waals surface area (Å²) < 4.78 is -0.266. The summed E-state index contributed by atoms with van der Waals surface area (Å²) in [6, 6.07) is 0. The first-order valence-corrected chi connectivity index (χ1v) is 7.91. The molecule has 0 aromatic rings. The lowest BCUT2D eigenvalue weighted by atomic mass is 9.91. The second-order valence-electron chi connectivity index (χ2n) is 6.14. The highest BCUT2D eigenvalue weighted by Gasteiger charge is 2.42. The highest BCUT2D eigenvalue weighted by atomic mass is 32.2. The van der Waals surface area contributed by atoms with Crippen LogP contribution in [0.5, 0.6) is 0 Å². The number of hydrogen-bond acceptors (Lipinski definition) is 2. The molecule has 3 rings (SSSR count). The zero-order valence-corrected chi connectivity index (χ0v) is 12.0. The molecule has 0 N–H and O–H groups in total. The van der Waals surface area contributed by atoms with Gasteiger partial charge in [-0.2, -0.15) is 0 Å². The first-order chi connectivity index (χ1) is 8.60. The highest BCUT2D eigenvalue weighted by Crippen LogP contribution is 2.47. The van der Waals surface area contributed by atoms with Crippen molar-refractivity contribution < 1.29 is 4.79 Å². The molecule has 1 saturated carbocycles. The van der Waals surface area contributed by atoms with Crippen LogP contribution < -0.4 is 0 Å². The quantitative estimate of drug-likeness (QED) is 0.722. The second-order valence-corrected chi connectivity index (χ2v) is 7.71. The van der Waals surface area contributed by atoms with Crippen molar-refractivity contribution in [3.63, 3.8) is 0 Å². The van der Waals surface area contributed by atoms with Gasteiger partial charge in [-0.25, -0.2) is 4.99 Å². The molecule has 0 spiro atoms. The van der Waals surface area contributed by atoms with Crippen LogP contribution in [0.3, 0.4) is 0 Å². The van der Waals surface area contributed by atoms with E-state index in [9.17, 15) is 4.79 Å². The van der Waals surface area contributed by atoms with Crippen LogP contribution in [0.25, 0.3) is 0 Å². The maximum atomic E-state index is 12.0. The lowest BCUT2D eigenvalue weighted by Gasteiger charge is -2.21. The monoisotopic (exact) mass is 263 g/mol. The number of aliphatic imine (C=N–C) groups is 1. The number of carbonyl (C=O) groups excluding carboxylic acids is 1. The summed E-state index contributed by atoms with van der Waals surface area (Å²) in [5.74, 6) is 2.40. The summed E-state index contributed by atoms with van der Waals surface area (Å²) in [6.07, 6.45) is 10.4. The number of allylic oxidation sites excluding steroid dienone is 2. The maximum Gasteiger partial charge on any atom is 0.262 e. The molecule has 1 aliphatic heterocycles. The zero-order valence-electron chi connectivity index (χ0n) is 11.2. The molecule has 98 valence electrons. The van der Waals surface area contributed by atoms with Crippen molar-refractivity contribution in [3.8, 4) is 0 Å². The van der Waals surface area contributed by atoms with Gasteiger partial charge in [0.25, 0.3) is 5.91 Å². The van der Waals surface area contributed by atoms with E-state index in [0.29, 0.717) is 0 Å². The topological polar surface area (TPSA) is 29.4 Å². The maximum absolute atomic E-state index is 12.0. The Bertz CT molecular complexity index is 428. The second kappa shape index (κ2) is 4.52. The van der Waals surface area contributed by atoms with Crippen molar-refractivity contribution >= 4 is 22.7 Å². The number of fused-ring (bicyclic) bond motifs is 2. The van der Waals surface area contributed by atoms with Crippen LogP contribution >= 0.6 is 11.8 Å².